The number of aromatic nitrogens is 2. The van der Waals surface area contributed by atoms with Crippen LogP contribution >= 0.6 is 0 Å². The molecule has 0 aliphatic rings. The maximum atomic E-state index is 11.4. The van der Waals surface area contributed by atoms with Gasteiger partial charge in [-0.05, 0) is 0 Å². The molecule has 6 heteroatoms. The maximum Gasteiger partial charge on any atom is 0.220 e. The van der Waals surface area contributed by atoms with Gasteiger partial charge in [0.1, 0.15) is 11.6 Å². The topological polar surface area (TPSA) is 55.2 Å². The molecule has 13 heavy (non-hydrogen) atoms. The summed E-state index contributed by atoms with van der Waals surface area (Å²) in [4.78, 5) is 3.94. The number of hydrogen-bond donors (Lipinski definition) is 0. The molecule has 0 aliphatic carbocycles. The fourth-order valence-electron chi connectivity index (χ4n) is 0.828. The highest BCUT2D eigenvalue weighted by Gasteiger charge is 2.16. The SMILES string of the molecule is CN(C)S(=O)(=O)Cc1nccn1C. The molecule has 0 spiro atoms. The largest absolute Gasteiger partial charge is 0.337 e. The standard InChI is InChI=1S/C7H13N3O2S/c1-9(2)13(11,12)6-7-8-4-5-10(7)3/h4-5H,6H2,1-3H3. The van der Waals surface area contributed by atoms with Gasteiger partial charge in [-0.25, -0.2) is 17.7 Å². The van der Waals surface area contributed by atoms with E-state index in [9.17, 15) is 8.42 Å². The number of imidazole rings is 1. The smallest absolute Gasteiger partial charge is 0.220 e. The van der Waals surface area contributed by atoms with Crippen LogP contribution in [0.3, 0.4) is 0 Å². The summed E-state index contributed by atoms with van der Waals surface area (Å²) in [6, 6.07) is 0. The highest BCUT2D eigenvalue weighted by Crippen LogP contribution is 2.04. The Kier molecular flexibility index (Phi) is 2.72. The first kappa shape index (κ1) is 10.2. The van der Waals surface area contributed by atoms with Gasteiger partial charge in [0.2, 0.25) is 10.0 Å². The molecule has 0 radical (unpaired) electrons. The van der Waals surface area contributed by atoms with E-state index in [2.05, 4.69) is 4.98 Å². The highest BCUT2D eigenvalue weighted by molar-refractivity contribution is 7.88. The van der Waals surface area contributed by atoms with Gasteiger partial charge in [0, 0.05) is 33.5 Å². The average Bonchev–Trinajstić information content (AvgIpc) is 2.35. The fraction of sp³-hybridized carbons (Fsp3) is 0.571. The van der Waals surface area contributed by atoms with Gasteiger partial charge in [0.25, 0.3) is 0 Å². The van der Waals surface area contributed by atoms with Crippen LogP contribution in [0.2, 0.25) is 0 Å². The van der Waals surface area contributed by atoms with Gasteiger partial charge >= 0.3 is 0 Å². The normalized spacial score (nSPS) is 12.3. The number of hydrogen-bond acceptors (Lipinski definition) is 3. The Bertz CT molecular complexity index is 380. The predicted octanol–water partition coefficient (Wildman–Crippen LogP) is -0.189. The summed E-state index contributed by atoms with van der Waals surface area (Å²) in [7, 11) is 1.60. The zero-order valence-electron chi connectivity index (χ0n) is 7.93. The summed E-state index contributed by atoms with van der Waals surface area (Å²) in [6.45, 7) is 0. The van der Waals surface area contributed by atoms with Gasteiger partial charge in [-0.1, -0.05) is 0 Å². The van der Waals surface area contributed by atoms with E-state index in [1.54, 1.807) is 24.0 Å². The second kappa shape index (κ2) is 3.47. The molecule has 0 saturated carbocycles. The second-order valence-electron chi connectivity index (χ2n) is 2.99. The van der Waals surface area contributed by atoms with E-state index in [1.807, 2.05) is 0 Å². The molecule has 1 rings (SSSR count). The lowest BCUT2D eigenvalue weighted by Crippen LogP contribution is -2.24. The molecule has 0 unspecified atom stereocenters. The van der Waals surface area contributed by atoms with Crippen molar-refractivity contribution in [3.8, 4) is 0 Å². The molecule has 1 heterocycles. The first-order chi connectivity index (χ1) is 5.93. The van der Waals surface area contributed by atoms with Crippen LogP contribution in [-0.2, 0) is 22.8 Å². The van der Waals surface area contributed by atoms with Crippen LogP contribution in [0.25, 0.3) is 0 Å². The molecule has 0 atom stereocenters. The Morgan fingerprint density at radius 3 is 2.54 bits per heavy atom. The van der Waals surface area contributed by atoms with Crippen LogP contribution in [0.1, 0.15) is 5.82 Å². The number of sulfonamides is 1. The molecule has 0 aliphatic heterocycles. The first-order valence-electron chi connectivity index (χ1n) is 3.80. The van der Waals surface area contributed by atoms with E-state index in [4.69, 9.17) is 0 Å². The van der Waals surface area contributed by atoms with Crippen molar-refractivity contribution in [1.82, 2.24) is 13.9 Å². The molecular weight excluding hydrogens is 190 g/mol. The van der Waals surface area contributed by atoms with Crippen LogP contribution in [0.4, 0.5) is 0 Å². The molecule has 74 valence electrons. The molecule has 0 bridgehead atoms. The minimum Gasteiger partial charge on any atom is -0.337 e. The number of nitrogens with zero attached hydrogens (tertiary/aromatic N) is 3. The molecule has 0 aromatic carbocycles. The van der Waals surface area contributed by atoms with E-state index >= 15 is 0 Å². The van der Waals surface area contributed by atoms with E-state index in [1.165, 1.54) is 18.4 Å². The number of rotatable bonds is 3. The summed E-state index contributed by atoms with van der Waals surface area (Å²) in [6.07, 6.45) is 3.31. The van der Waals surface area contributed by atoms with Crippen molar-refractivity contribution in [2.75, 3.05) is 14.1 Å². The molecule has 1 aromatic heterocycles. The fourth-order valence-corrected chi connectivity index (χ4v) is 1.69. The summed E-state index contributed by atoms with van der Waals surface area (Å²) in [5.41, 5.74) is 0. The van der Waals surface area contributed by atoms with Crippen molar-refractivity contribution in [3.63, 3.8) is 0 Å². The average molecular weight is 203 g/mol. The molecule has 5 nitrogen and oxygen atoms in total. The minimum atomic E-state index is -3.19. The Balaban J connectivity index is 2.88. The molecule has 0 fully saturated rings. The Morgan fingerprint density at radius 2 is 2.15 bits per heavy atom. The summed E-state index contributed by atoms with van der Waals surface area (Å²) >= 11 is 0. The summed E-state index contributed by atoms with van der Waals surface area (Å²) in [5.74, 6) is 0.498. The van der Waals surface area contributed by atoms with Crippen molar-refractivity contribution in [1.29, 1.82) is 0 Å². The van der Waals surface area contributed by atoms with E-state index in [-0.39, 0.29) is 5.75 Å². The molecular formula is C7H13N3O2S. The van der Waals surface area contributed by atoms with Crippen LogP contribution in [0.5, 0.6) is 0 Å². The third kappa shape index (κ3) is 2.28. The third-order valence-electron chi connectivity index (χ3n) is 1.79. The quantitative estimate of drug-likeness (QED) is 0.684. The molecule has 1 aromatic rings. The van der Waals surface area contributed by atoms with Crippen molar-refractivity contribution in [2.45, 2.75) is 5.75 Å². The van der Waals surface area contributed by atoms with E-state index in [0.717, 1.165) is 0 Å². The number of aryl methyl sites for hydroxylation is 1. The summed E-state index contributed by atoms with van der Waals surface area (Å²) < 4.78 is 25.7. The van der Waals surface area contributed by atoms with Gasteiger partial charge in [0.15, 0.2) is 0 Å². The van der Waals surface area contributed by atoms with Gasteiger partial charge in [-0.2, -0.15) is 0 Å². The lowest BCUT2D eigenvalue weighted by Gasteiger charge is -2.10. The zero-order valence-corrected chi connectivity index (χ0v) is 8.74. The lowest BCUT2D eigenvalue weighted by atomic mass is 10.7. The van der Waals surface area contributed by atoms with Gasteiger partial charge in [-0.3, -0.25) is 0 Å². The van der Waals surface area contributed by atoms with Crippen molar-refractivity contribution < 1.29 is 8.42 Å². The van der Waals surface area contributed by atoms with Gasteiger partial charge < -0.3 is 4.57 Å². The Hall–Kier alpha value is -0.880. The van der Waals surface area contributed by atoms with Crippen LogP contribution in [0.15, 0.2) is 12.4 Å². The maximum absolute atomic E-state index is 11.4. The van der Waals surface area contributed by atoms with Crippen LogP contribution in [0, 0.1) is 0 Å². The van der Waals surface area contributed by atoms with E-state index in [0.29, 0.717) is 5.82 Å². The van der Waals surface area contributed by atoms with Crippen molar-refractivity contribution in [3.05, 3.63) is 18.2 Å². The third-order valence-corrected chi connectivity index (χ3v) is 3.52. The van der Waals surface area contributed by atoms with Crippen LogP contribution < -0.4 is 0 Å². The van der Waals surface area contributed by atoms with Crippen molar-refractivity contribution >= 4 is 10.0 Å². The van der Waals surface area contributed by atoms with Crippen molar-refractivity contribution in [2.24, 2.45) is 7.05 Å². The molecule has 0 N–H and O–H groups in total. The monoisotopic (exact) mass is 203 g/mol. The lowest BCUT2D eigenvalue weighted by molar-refractivity contribution is 0.517. The molecule has 0 amide bonds. The van der Waals surface area contributed by atoms with Gasteiger partial charge in [-0.15, -0.1) is 0 Å². The predicted molar refractivity (Wildman–Crippen MR) is 49.5 cm³/mol. The minimum absolute atomic E-state index is 0.0521. The first-order valence-corrected chi connectivity index (χ1v) is 5.41. The second-order valence-corrected chi connectivity index (χ2v) is 5.18. The Labute approximate surface area is 78.1 Å². The highest BCUT2D eigenvalue weighted by atomic mass is 32.2. The summed E-state index contributed by atoms with van der Waals surface area (Å²) in [5, 5.41) is 0. The zero-order chi connectivity index (χ0) is 10.1. The van der Waals surface area contributed by atoms with E-state index < -0.39 is 10.0 Å². The van der Waals surface area contributed by atoms with Gasteiger partial charge in [0.05, 0.1) is 0 Å². The molecule has 0 saturated heterocycles. The Morgan fingerprint density at radius 1 is 1.54 bits per heavy atom. The van der Waals surface area contributed by atoms with Crippen LogP contribution in [-0.4, -0.2) is 36.4 Å².